The Hall–Kier alpha value is -2.88. The van der Waals surface area contributed by atoms with E-state index < -0.39 is 39.6 Å². The number of rotatable bonds is 6. The normalized spacial score (nSPS) is 19.0. The summed E-state index contributed by atoms with van der Waals surface area (Å²) in [7, 11) is 0. The van der Waals surface area contributed by atoms with Crippen LogP contribution in [0.1, 0.15) is 51.9 Å². The predicted octanol–water partition coefficient (Wildman–Crippen LogP) is 7.88. The number of hydrogen-bond donors (Lipinski definition) is 0. The number of carbonyl (C=O) groups is 1. The minimum atomic E-state index is -4.92. The van der Waals surface area contributed by atoms with E-state index in [9.17, 15) is 22.4 Å². The average Bonchev–Trinajstić information content (AvgIpc) is 3.61. The van der Waals surface area contributed by atoms with Gasteiger partial charge in [0.25, 0.3) is 11.5 Å². The Morgan fingerprint density at radius 1 is 1.10 bits per heavy atom. The summed E-state index contributed by atoms with van der Waals surface area (Å²) in [5, 5.41) is 2.97. The molecule has 1 aliphatic heterocycles. The molecule has 1 atom stereocenters. The molecular weight excluding hydrogens is 581 g/mol. The maximum absolute atomic E-state index is 14.3. The number of benzene rings is 2. The number of alkyl halides is 3. The third kappa shape index (κ3) is 5.32. The third-order valence-electron chi connectivity index (χ3n) is 6.82. The number of carbonyl (C=O) groups excluding carboxylic acids is 1. The highest BCUT2D eigenvalue weighted by Gasteiger charge is 2.62. The highest BCUT2D eigenvalue weighted by atomic mass is 35.5. The van der Waals surface area contributed by atoms with Crippen LogP contribution in [0.25, 0.3) is 0 Å². The Labute approximate surface area is 236 Å². The van der Waals surface area contributed by atoms with Crippen LogP contribution < -0.4 is 0 Å². The van der Waals surface area contributed by atoms with Crippen LogP contribution >= 0.6 is 34.8 Å². The van der Waals surface area contributed by atoms with Crippen molar-refractivity contribution in [2.75, 3.05) is 0 Å². The molecule has 1 aromatic heterocycles. The summed E-state index contributed by atoms with van der Waals surface area (Å²) in [5.74, 6) is -1.22. The third-order valence-corrected chi connectivity index (χ3v) is 7.59. The average molecular weight is 601 g/mol. The number of nitrogens with zero attached hydrogens (tertiary/aromatic N) is 3. The van der Waals surface area contributed by atoms with Gasteiger partial charge in [0.15, 0.2) is 5.82 Å². The van der Waals surface area contributed by atoms with E-state index in [0.29, 0.717) is 28.4 Å². The van der Waals surface area contributed by atoms with Crippen LogP contribution in [0.3, 0.4) is 0 Å². The number of amides is 1. The topological polar surface area (TPSA) is 54.8 Å². The molecule has 2 heterocycles. The van der Waals surface area contributed by atoms with Crippen molar-refractivity contribution >= 4 is 46.4 Å². The Balaban J connectivity index is 1.40. The van der Waals surface area contributed by atoms with E-state index in [4.69, 9.17) is 39.6 Å². The van der Waals surface area contributed by atoms with Crippen molar-refractivity contribution in [1.29, 1.82) is 0 Å². The first kappa shape index (κ1) is 27.7. The van der Waals surface area contributed by atoms with E-state index in [1.807, 2.05) is 0 Å². The van der Waals surface area contributed by atoms with Gasteiger partial charge in [0.1, 0.15) is 5.15 Å². The maximum atomic E-state index is 14.3. The van der Waals surface area contributed by atoms with E-state index in [1.54, 1.807) is 42.3 Å². The van der Waals surface area contributed by atoms with E-state index in [2.05, 4.69) is 10.1 Å². The van der Waals surface area contributed by atoms with Crippen molar-refractivity contribution in [3.63, 3.8) is 0 Å². The predicted molar refractivity (Wildman–Crippen MR) is 140 cm³/mol. The lowest BCUT2D eigenvalue weighted by atomic mass is 9.86. The highest BCUT2D eigenvalue weighted by Crippen LogP contribution is 2.50. The fraction of sp³-hybridized carbons (Fsp3) is 0.296. The Morgan fingerprint density at radius 2 is 1.79 bits per heavy atom. The van der Waals surface area contributed by atoms with Crippen molar-refractivity contribution in [2.24, 2.45) is 5.16 Å². The van der Waals surface area contributed by atoms with Crippen molar-refractivity contribution in [3.05, 3.63) is 97.5 Å². The fourth-order valence-electron chi connectivity index (χ4n) is 4.53. The van der Waals surface area contributed by atoms with Crippen molar-refractivity contribution in [2.45, 2.75) is 50.6 Å². The van der Waals surface area contributed by atoms with Crippen LogP contribution in [0, 0.1) is 12.7 Å². The first-order valence-corrected chi connectivity index (χ1v) is 13.0. The highest BCUT2D eigenvalue weighted by molar-refractivity contribution is 6.35. The monoisotopic (exact) mass is 599 g/mol. The fourth-order valence-corrected chi connectivity index (χ4v) is 5.13. The van der Waals surface area contributed by atoms with Gasteiger partial charge >= 0.3 is 6.18 Å². The van der Waals surface area contributed by atoms with Gasteiger partial charge in [0.05, 0.1) is 15.8 Å². The molecule has 0 radical (unpaired) electrons. The lowest BCUT2D eigenvalue weighted by molar-refractivity contribution is -0.275. The maximum Gasteiger partial charge on any atom is 0.435 e. The van der Waals surface area contributed by atoms with Crippen molar-refractivity contribution < 1.29 is 27.2 Å². The number of pyridine rings is 1. The SMILES string of the molecule is Cc1cc(C2=NOC(c3cc(Cl)c(F)c(Cl)c3)(C(F)(F)F)C2)ccc1C(=O)N(Cc1ccc(Cl)nc1)C1CC1. The Morgan fingerprint density at radius 3 is 2.36 bits per heavy atom. The largest absolute Gasteiger partial charge is 0.435 e. The van der Waals surface area contributed by atoms with Crippen LogP contribution in [0.15, 0.2) is 53.8 Å². The number of halogens is 7. The van der Waals surface area contributed by atoms with Crippen molar-refractivity contribution in [3.8, 4) is 0 Å². The minimum absolute atomic E-state index is 0.0114. The second kappa shape index (κ2) is 10.3. The molecule has 1 fully saturated rings. The van der Waals surface area contributed by atoms with Crippen LogP contribution in [0.5, 0.6) is 0 Å². The molecule has 1 saturated carbocycles. The molecule has 0 saturated heterocycles. The molecule has 3 aromatic rings. The molecule has 39 heavy (non-hydrogen) atoms. The quantitative estimate of drug-likeness (QED) is 0.164. The number of oxime groups is 1. The zero-order valence-corrected chi connectivity index (χ0v) is 22.6. The lowest BCUT2D eigenvalue weighted by Gasteiger charge is -2.29. The van der Waals surface area contributed by atoms with Gasteiger partial charge in [-0.2, -0.15) is 13.2 Å². The molecule has 2 aromatic carbocycles. The summed E-state index contributed by atoms with van der Waals surface area (Å²) in [6, 6.07) is 9.95. The van der Waals surface area contributed by atoms with Gasteiger partial charge < -0.3 is 9.74 Å². The molecule has 0 spiro atoms. The van der Waals surface area contributed by atoms with E-state index in [-0.39, 0.29) is 17.7 Å². The zero-order chi connectivity index (χ0) is 28.1. The smallest absolute Gasteiger partial charge is 0.374 e. The van der Waals surface area contributed by atoms with E-state index in [0.717, 1.165) is 30.5 Å². The molecule has 1 amide bonds. The number of hydrogen-bond acceptors (Lipinski definition) is 4. The van der Waals surface area contributed by atoms with Gasteiger partial charge in [-0.05, 0) is 66.8 Å². The van der Waals surface area contributed by atoms with Gasteiger partial charge in [-0.25, -0.2) is 9.37 Å². The minimum Gasteiger partial charge on any atom is -0.374 e. The first-order chi connectivity index (χ1) is 18.4. The molecule has 5 nitrogen and oxygen atoms in total. The number of aryl methyl sites for hydroxylation is 1. The molecule has 0 N–H and O–H groups in total. The van der Waals surface area contributed by atoms with Gasteiger partial charge in [-0.15, -0.1) is 0 Å². The Kier molecular flexibility index (Phi) is 7.28. The molecule has 12 heteroatoms. The molecule has 204 valence electrons. The second-order valence-corrected chi connectivity index (χ2v) is 10.8. The summed E-state index contributed by atoms with van der Waals surface area (Å²) < 4.78 is 56.9. The van der Waals surface area contributed by atoms with Gasteiger partial charge in [0.2, 0.25) is 0 Å². The lowest BCUT2D eigenvalue weighted by Crippen LogP contribution is -2.42. The van der Waals surface area contributed by atoms with Crippen LogP contribution in [0.4, 0.5) is 17.6 Å². The molecule has 5 rings (SSSR count). The molecule has 1 aliphatic carbocycles. The molecule has 0 bridgehead atoms. The number of aromatic nitrogens is 1. The van der Waals surface area contributed by atoms with Gasteiger partial charge in [-0.1, -0.05) is 52.1 Å². The van der Waals surface area contributed by atoms with Crippen LogP contribution in [-0.4, -0.2) is 33.7 Å². The second-order valence-electron chi connectivity index (χ2n) is 9.57. The molecule has 1 unspecified atom stereocenters. The van der Waals surface area contributed by atoms with Gasteiger partial charge in [0, 0.05) is 36.3 Å². The summed E-state index contributed by atoms with van der Waals surface area (Å²) in [5.41, 5.74) is -1.18. The summed E-state index contributed by atoms with van der Waals surface area (Å²) in [6.07, 6.45) is -2.23. The van der Waals surface area contributed by atoms with E-state index in [1.165, 1.54) is 6.07 Å². The Bertz CT molecular complexity index is 1450. The summed E-state index contributed by atoms with van der Waals surface area (Å²) in [6.45, 7) is 2.06. The summed E-state index contributed by atoms with van der Waals surface area (Å²) >= 11 is 17.4. The van der Waals surface area contributed by atoms with Crippen molar-refractivity contribution in [1.82, 2.24) is 9.88 Å². The van der Waals surface area contributed by atoms with Crippen LogP contribution in [0.2, 0.25) is 15.2 Å². The van der Waals surface area contributed by atoms with Gasteiger partial charge in [-0.3, -0.25) is 4.79 Å². The standard InChI is InChI=1S/C27H20Cl3F4N3O2/c1-14-8-16(3-6-19(14)25(38)37(18-4-5-18)13-15-2-7-23(30)35-12-15)22-11-26(39-36-22,27(32,33)34)17-9-20(28)24(31)21(29)10-17/h2-3,6-10,12,18H,4-5,11,13H2,1H3. The zero-order valence-electron chi connectivity index (χ0n) is 20.3. The van der Waals surface area contributed by atoms with E-state index >= 15 is 0 Å². The first-order valence-electron chi connectivity index (χ1n) is 11.9. The summed E-state index contributed by atoms with van der Waals surface area (Å²) in [4.78, 5) is 24.3. The van der Waals surface area contributed by atoms with Crippen LogP contribution in [-0.2, 0) is 17.0 Å². The molecular formula is C27H20Cl3F4N3O2. The molecule has 2 aliphatic rings.